The Morgan fingerprint density at radius 1 is 1.29 bits per heavy atom. The van der Waals surface area contributed by atoms with Gasteiger partial charge in [-0.25, -0.2) is 0 Å². The first-order chi connectivity index (χ1) is 8.08. The number of benzene rings is 1. The normalized spacial score (nSPS) is 12.2. The molecule has 1 aromatic rings. The number of hydrogen-bond acceptors (Lipinski definition) is 3. The van der Waals surface area contributed by atoms with Crippen molar-refractivity contribution >= 4 is 18.3 Å². The zero-order valence-electron chi connectivity index (χ0n) is 10.7. The van der Waals surface area contributed by atoms with Crippen LogP contribution in [0.4, 0.5) is 5.69 Å². The number of rotatable bonds is 5. The number of nitrogens with zero attached hydrogens (tertiary/aromatic N) is 2. The van der Waals surface area contributed by atoms with Crippen LogP contribution in [0, 0.1) is 23.2 Å². The Hall–Kier alpha value is -1.14. The summed E-state index contributed by atoms with van der Waals surface area (Å²) in [5.74, 6) is 2.12. The van der Waals surface area contributed by atoms with Gasteiger partial charge in [0.25, 0.3) is 0 Å². The molecule has 0 bridgehead atoms. The largest absolute Gasteiger partial charge is 0.374 e. The van der Waals surface area contributed by atoms with E-state index in [1.54, 1.807) is 0 Å². The third kappa shape index (κ3) is 3.98. The summed E-state index contributed by atoms with van der Waals surface area (Å²) >= 11 is 4.40. The van der Waals surface area contributed by atoms with Gasteiger partial charge in [0.05, 0.1) is 11.6 Å². The highest BCUT2D eigenvalue weighted by Gasteiger charge is 2.14. The van der Waals surface area contributed by atoms with Gasteiger partial charge in [0.2, 0.25) is 0 Å². The quantitative estimate of drug-likeness (QED) is 0.810. The Bertz CT molecular complexity index is 378. The summed E-state index contributed by atoms with van der Waals surface area (Å²) < 4.78 is 0. The minimum atomic E-state index is 0.582. The first-order valence-corrected chi connectivity index (χ1v) is 6.54. The molecule has 3 heteroatoms. The van der Waals surface area contributed by atoms with E-state index in [1.807, 2.05) is 24.3 Å². The molecule has 0 saturated carbocycles. The third-order valence-electron chi connectivity index (χ3n) is 3.12. The van der Waals surface area contributed by atoms with Crippen LogP contribution in [0.25, 0.3) is 0 Å². The highest BCUT2D eigenvalue weighted by molar-refractivity contribution is 7.80. The van der Waals surface area contributed by atoms with E-state index in [-0.39, 0.29) is 0 Å². The number of thiol groups is 1. The van der Waals surface area contributed by atoms with E-state index in [2.05, 4.69) is 44.5 Å². The maximum Gasteiger partial charge on any atom is 0.0991 e. The molecule has 1 unspecified atom stereocenters. The van der Waals surface area contributed by atoms with Crippen LogP contribution in [-0.2, 0) is 0 Å². The molecule has 17 heavy (non-hydrogen) atoms. The van der Waals surface area contributed by atoms with Gasteiger partial charge in [-0.2, -0.15) is 17.9 Å². The SMILES string of the molecule is CC(C)C(CS)CN(C)c1ccc(C#N)cc1. The fourth-order valence-corrected chi connectivity index (χ4v) is 2.26. The van der Waals surface area contributed by atoms with E-state index in [0.29, 0.717) is 17.4 Å². The summed E-state index contributed by atoms with van der Waals surface area (Å²) in [6.45, 7) is 5.45. The summed E-state index contributed by atoms with van der Waals surface area (Å²) in [7, 11) is 2.08. The summed E-state index contributed by atoms with van der Waals surface area (Å²) in [6, 6.07) is 9.84. The van der Waals surface area contributed by atoms with Crippen molar-refractivity contribution < 1.29 is 0 Å². The van der Waals surface area contributed by atoms with E-state index in [9.17, 15) is 0 Å². The van der Waals surface area contributed by atoms with Crippen LogP contribution in [0.3, 0.4) is 0 Å². The van der Waals surface area contributed by atoms with Crippen molar-refractivity contribution in [1.82, 2.24) is 0 Å². The minimum absolute atomic E-state index is 0.582. The van der Waals surface area contributed by atoms with E-state index in [1.165, 1.54) is 0 Å². The predicted molar refractivity (Wildman–Crippen MR) is 76.6 cm³/mol. The third-order valence-corrected chi connectivity index (χ3v) is 3.59. The van der Waals surface area contributed by atoms with Crippen molar-refractivity contribution in [3.63, 3.8) is 0 Å². The summed E-state index contributed by atoms with van der Waals surface area (Å²) in [5, 5.41) is 8.75. The molecule has 0 aromatic heterocycles. The fourth-order valence-electron chi connectivity index (χ4n) is 1.73. The lowest BCUT2D eigenvalue weighted by Crippen LogP contribution is -2.29. The smallest absolute Gasteiger partial charge is 0.0991 e. The van der Waals surface area contributed by atoms with Gasteiger partial charge in [0.1, 0.15) is 0 Å². The lowest BCUT2D eigenvalue weighted by molar-refractivity contribution is 0.430. The number of hydrogen-bond donors (Lipinski definition) is 1. The van der Waals surface area contributed by atoms with Gasteiger partial charge in [-0.05, 0) is 41.9 Å². The van der Waals surface area contributed by atoms with E-state index in [4.69, 9.17) is 5.26 Å². The van der Waals surface area contributed by atoms with Gasteiger partial charge in [-0.15, -0.1) is 0 Å². The Labute approximate surface area is 110 Å². The van der Waals surface area contributed by atoms with E-state index in [0.717, 1.165) is 18.0 Å². The lowest BCUT2D eigenvalue weighted by atomic mass is 9.97. The Morgan fingerprint density at radius 2 is 1.88 bits per heavy atom. The van der Waals surface area contributed by atoms with Crippen molar-refractivity contribution in [3.8, 4) is 6.07 Å². The highest BCUT2D eigenvalue weighted by atomic mass is 32.1. The van der Waals surface area contributed by atoms with E-state index < -0.39 is 0 Å². The van der Waals surface area contributed by atoms with Crippen molar-refractivity contribution in [2.24, 2.45) is 11.8 Å². The van der Waals surface area contributed by atoms with Crippen LogP contribution >= 0.6 is 12.6 Å². The van der Waals surface area contributed by atoms with Crippen LogP contribution in [0.5, 0.6) is 0 Å². The molecule has 0 aliphatic heterocycles. The second kappa shape index (κ2) is 6.56. The number of nitriles is 1. The molecular formula is C14H20N2S. The molecule has 0 amide bonds. The Balaban J connectivity index is 2.69. The van der Waals surface area contributed by atoms with Crippen LogP contribution < -0.4 is 4.90 Å². The van der Waals surface area contributed by atoms with Gasteiger partial charge < -0.3 is 4.90 Å². The second-order valence-corrected chi connectivity index (χ2v) is 5.09. The molecule has 0 fully saturated rings. The second-order valence-electron chi connectivity index (χ2n) is 4.73. The first-order valence-electron chi connectivity index (χ1n) is 5.90. The molecular weight excluding hydrogens is 228 g/mol. The van der Waals surface area contributed by atoms with Gasteiger partial charge in [0.15, 0.2) is 0 Å². The summed E-state index contributed by atoms with van der Waals surface area (Å²) in [5.41, 5.74) is 1.85. The average molecular weight is 248 g/mol. The van der Waals surface area contributed by atoms with Gasteiger partial charge in [0, 0.05) is 19.3 Å². The molecule has 0 aliphatic carbocycles. The van der Waals surface area contributed by atoms with Gasteiger partial charge in [-0.3, -0.25) is 0 Å². The molecule has 92 valence electrons. The van der Waals surface area contributed by atoms with Crippen molar-refractivity contribution in [1.29, 1.82) is 5.26 Å². The molecule has 1 aromatic carbocycles. The maximum absolute atomic E-state index is 8.75. The van der Waals surface area contributed by atoms with Gasteiger partial charge >= 0.3 is 0 Å². The summed E-state index contributed by atoms with van der Waals surface area (Å²) in [6.07, 6.45) is 0. The van der Waals surface area contributed by atoms with Crippen molar-refractivity contribution in [2.45, 2.75) is 13.8 Å². The molecule has 0 saturated heterocycles. The Kier molecular flexibility index (Phi) is 5.37. The Morgan fingerprint density at radius 3 is 2.29 bits per heavy atom. The van der Waals surface area contributed by atoms with Crippen LogP contribution in [0.1, 0.15) is 19.4 Å². The van der Waals surface area contributed by atoms with Crippen LogP contribution in [0.2, 0.25) is 0 Å². The molecule has 0 radical (unpaired) electrons. The molecule has 0 aliphatic rings. The standard InChI is InChI=1S/C14H20N2S/c1-11(2)13(10-17)9-16(3)14-6-4-12(8-15)5-7-14/h4-7,11,13,17H,9-10H2,1-3H3. The monoisotopic (exact) mass is 248 g/mol. The molecule has 1 rings (SSSR count). The zero-order valence-corrected chi connectivity index (χ0v) is 11.6. The highest BCUT2D eigenvalue weighted by Crippen LogP contribution is 2.19. The van der Waals surface area contributed by atoms with Crippen molar-refractivity contribution in [3.05, 3.63) is 29.8 Å². The molecule has 0 heterocycles. The fraction of sp³-hybridized carbons (Fsp3) is 0.500. The van der Waals surface area contributed by atoms with Gasteiger partial charge in [-0.1, -0.05) is 13.8 Å². The molecule has 2 nitrogen and oxygen atoms in total. The lowest BCUT2D eigenvalue weighted by Gasteiger charge is -2.27. The van der Waals surface area contributed by atoms with Crippen LogP contribution in [-0.4, -0.2) is 19.3 Å². The topological polar surface area (TPSA) is 27.0 Å². The first kappa shape index (κ1) is 13.9. The molecule has 0 spiro atoms. The number of anilines is 1. The molecule has 0 N–H and O–H groups in total. The predicted octanol–water partition coefficient (Wildman–Crippen LogP) is 3.20. The van der Waals surface area contributed by atoms with Crippen molar-refractivity contribution in [2.75, 3.05) is 24.2 Å². The van der Waals surface area contributed by atoms with E-state index >= 15 is 0 Å². The van der Waals surface area contributed by atoms with Crippen LogP contribution in [0.15, 0.2) is 24.3 Å². The zero-order chi connectivity index (χ0) is 12.8. The maximum atomic E-state index is 8.75. The molecule has 1 atom stereocenters. The minimum Gasteiger partial charge on any atom is -0.374 e. The summed E-state index contributed by atoms with van der Waals surface area (Å²) in [4.78, 5) is 2.22. The average Bonchev–Trinajstić information content (AvgIpc) is 2.35.